The van der Waals surface area contributed by atoms with E-state index in [1.807, 2.05) is 0 Å². The number of nitrogens with zero attached hydrogens (tertiary/aromatic N) is 2. The van der Waals surface area contributed by atoms with Crippen molar-refractivity contribution < 1.29 is 27.8 Å². The first-order valence-corrected chi connectivity index (χ1v) is 9.66. The maximum atomic E-state index is 14.7. The molecule has 0 saturated heterocycles. The summed E-state index contributed by atoms with van der Waals surface area (Å²) in [6.07, 6.45) is -1.46. The normalized spacial score (nSPS) is 12.8. The van der Waals surface area contributed by atoms with Crippen LogP contribution in [0.15, 0.2) is 30.3 Å². The molecule has 0 aromatic heterocycles. The van der Waals surface area contributed by atoms with Gasteiger partial charge in [0.2, 0.25) is 0 Å². The molecule has 0 aliphatic carbocycles. The van der Waals surface area contributed by atoms with Crippen LogP contribution in [0.3, 0.4) is 0 Å². The maximum absolute atomic E-state index is 14.7. The molecule has 0 saturated carbocycles. The van der Waals surface area contributed by atoms with Crippen molar-refractivity contribution >= 4 is 30.0 Å². The number of ether oxygens (including phenoxy) is 2. The summed E-state index contributed by atoms with van der Waals surface area (Å²) in [6.45, 7) is -0.231. The predicted molar refractivity (Wildman–Crippen MR) is 108 cm³/mol. The van der Waals surface area contributed by atoms with Crippen LogP contribution in [0.25, 0.3) is 0 Å². The molecule has 0 radical (unpaired) electrons. The summed E-state index contributed by atoms with van der Waals surface area (Å²) in [4.78, 5) is 26.4. The largest absolute Gasteiger partial charge is 0.415 e. The van der Waals surface area contributed by atoms with Crippen LogP contribution in [0.5, 0.6) is 11.5 Å². The highest BCUT2D eigenvalue weighted by Crippen LogP contribution is 2.34. The Balaban J connectivity index is 1.79. The molecule has 2 N–H and O–H groups in total. The van der Waals surface area contributed by atoms with E-state index in [9.17, 15) is 18.4 Å². The molecule has 2 amide bonds. The zero-order valence-electron chi connectivity index (χ0n) is 16.5. The standard InChI is InChI=1S/C19H20F2N4O4S/c1-22-30-23-15-6-4-5-11(17(15)21)9-25-10-13-14(20)7-12(28-18(26)24(2)3)8-16(13)29-19(25)27/h4-8,22-23H,9-10H2,1-3H3. The average Bonchev–Trinajstić information content (AvgIpc) is 2.69. The van der Waals surface area contributed by atoms with E-state index in [1.165, 1.54) is 36.0 Å². The Morgan fingerprint density at radius 2 is 2.10 bits per heavy atom. The Hall–Kier alpha value is -3.05. The lowest BCUT2D eigenvalue weighted by Gasteiger charge is -2.29. The fourth-order valence-electron chi connectivity index (χ4n) is 2.71. The topological polar surface area (TPSA) is 83.1 Å². The minimum Gasteiger partial charge on any atom is -0.410 e. The molecular weight excluding hydrogens is 418 g/mol. The van der Waals surface area contributed by atoms with Crippen LogP contribution >= 0.6 is 12.1 Å². The summed E-state index contributed by atoms with van der Waals surface area (Å²) >= 11 is 1.10. The van der Waals surface area contributed by atoms with Gasteiger partial charge in [-0.2, -0.15) is 0 Å². The fourth-order valence-corrected chi connectivity index (χ4v) is 3.08. The third kappa shape index (κ3) is 4.74. The summed E-state index contributed by atoms with van der Waals surface area (Å²) in [5, 5.41) is 0. The molecule has 1 aliphatic rings. The Kier molecular flexibility index (Phi) is 6.63. The molecule has 0 bridgehead atoms. The number of halogens is 2. The van der Waals surface area contributed by atoms with Crippen LogP contribution in [0, 0.1) is 11.6 Å². The van der Waals surface area contributed by atoms with Crippen molar-refractivity contribution in [3.8, 4) is 11.5 Å². The number of carbonyl (C=O) groups is 2. The first-order chi connectivity index (χ1) is 14.3. The zero-order chi connectivity index (χ0) is 21.8. The number of fused-ring (bicyclic) bond motifs is 1. The number of hydrogen-bond donors (Lipinski definition) is 2. The highest BCUT2D eigenvalue weighted by molar-refractivity contribution is 7.98. The van der Waals surface area contributed by atoms with Gasteiger partial charge in [0.05, 0.1) is 24.3 Å². The van der Waals surface area contributed by atoms with E-state index >= 15 is 0 Å². The van der Waals surface area contributed by atoms with E-state index in [4.69, 9.17) is 9.47 Å². The number of rotatable bonds is 6. The van der Waals surface area contributed by atoms with E-state index in [0.717, 1.165) is 18.2 Å². The Bertz CT molecular complexity index is 974. The van der Waals surface area contributed by atoms with Gasteiger partial charge >= 0.3 is 12.2 Å². The van der Waals surface area contributed by atoms with Gasteiger partial charge in [0.1, 0.15) is 17.3 Å². The quantitative estimate of drug-likeness (QED) is 0.665. The van der Waals surface area contributed by atoms with Crippen LogP contribution in [0.1, 0.15) is 11.1 Å². The number of nitrogens with one attached hydrogen (secondary N) is 2. The van der Waals surface area contributed by atoms with Crippen LogP contribution in [-0.4, -0.2) is 43.1 Å². The number of benzene rings is 2. The molecule has 0 unspecified atom stereocenters. The van der Waals surface area contributed by atoms with Gasteiger partial charge in [-0.15, -0.1) is 0 Å². The summed E-state index contributed by atoms with van der Waals surface area (Å²) in [7, 11) is 4.65. The summed E-state index contributed by atoms with van der Waals surface area (Å²) in [5.41, 5.74) is 0.602. The zero-order valence-corrected chi connectivity index (χ0v) is 17.3. The molecule has 1 aliphatic heterocycles. The Morgan fingerprint density at radius 1 is 1.33 bits per heavy atom. The monoisotopic (exact) mass is 438 g/mol. The highest BCUT2D eigenvalue weighted by atomic mass is 32.2. The second kappa shape index (κ2) is 9.18. The van der Waals surface area contributed by atoms with Gasteiger partial charge in [0.25, 0.3) is 0 Å². The average molecular weight is 438 g/mol. The molecule has 1 heterocycles. The third-order valence-electron chi connectivity index (χ3n) is 4.21. The lowest BCUT2D eigenvalue weighted by atomic mass is 10.1. The van der Waals surface area contributed by atoms with E-state index in [0.29, 0.717) is 0 Å². The molecule has 2 aromatic rings. The lowest BCUT2D eigenvalue weighted by molar-refractivity contribution is 0.133. The third-order valence-corrected chi connectivity index (χ3v) is 4.73. The van der Waals surface area contributed by atoms with Crippen LogP contribution < -0.4 is 18.9 Å². The molecule has 0 spiro atoms. The van der Waals surface area contributed by atoms with Crippen LogP contribution in [0.2, 0.25) is 0 Å². The molecule has 11 heteroatoms. The van der Waals surface area contributed by atoms with Crippen molar-refractivity contribution in [1.82, 2.24) is 14.5 Å². The minimum absolute atomic E-state index is 0.0425. The van der Waals surface area contributed by atoms with Crippen molar-refractivity contribution in [2.75, 3.05) is 25.9 Å². The fraction of sp³-hybridized carbons (Fsp3) is 0.263. The molecule has 2 aromatic carbocycles. The number of amides is 2. The first kappa shape index (κ1) is 21.7. The van der Waals surface area contributed by atoms with Crippen molar-refractivity contribution in [3.63, 3.8) is 0 Å². The smallest absolute Gasteiger partial charge is 0.410 e. The van der Waals surface area contributed by atoms with Gasteiger partial charge in [-0.1, -0.05) is 12.1 Å². The van der Waals surface area contributed by atoms with E-state index in [1.54, 1.807) is 19.2 Å². The molecule has 8 nitrogen and oxygen atoms in total. The van der Waals surface area contributed by atoms with Crippen molar-refractivity contribution in [1.29, 1.82) is 0 Å². The SMILES string of the molecule is CNSNc1cccc(CN2Cc3c(F)cc(OC(=O)N(C)C)cc3OC2=O)c1F. The van der Waals surface area contributed by atoms with Crippen molar-refractivity contribution in [2.24, 2.45) is 0 Å². The lowest BCUT2D eigenvalue weighted by Crippen LogP contribution is -2.37. The molecule has 0 fully saturated rings. The summed E-state index contributed by atoms with van der Waals surface area (Å²) in [5.74, 6) is -1.35. The van der Waals surface area contributed by atoms with Crippen molar-refractivity contribution in [3.05, 3.63) is 53.1 Å². The first-order valence-electron chi connectivity index (χ1n) is 8.84. The Labute approximate surface area is 176 Å². The van der Waals surface area contributed by atoms with Gasteiger partial charge in [-0.25, -0.2) is 23.1 Å². The number of carbonyl (C=O) groups excluding carboxylic acids is 2. The minimum atomic E-state index is -0.764. The maximum Gasteiger partial charge on any atom is 0.415 e. The van der Waals surface area contributed by atoms with Crippen LogP contribution in [-0.2, 0) is 13.1 Å². The Morgan fingerprint density at radius 3 is 2.80 bits per heavy atom. The van der Waals surface area contributed by atoms with Gasteiger partial charge in [0.15, 0.2) is 5.82 Å². The van der Waals surface area contributed by atoms with Gasteiger partial charge < -0.3 is 19.1 Å². The number of hydrogen-bond acceptors (Lipinski definition) is 7. The van der Waals surface area contributed by atoms with Crippen LogP contribution in [0.4, 0.5) is 24.1 Å². The second-order valence-electron chi connectivity index (χ2n) is 6.56. The number of anilines is 1. The van der Waals surface area contributed by atoms with E-state index < -0.39 is 23.8 Å². The second-order valence-corrected chi connectivity index (χ2v) is 7.37. The molecule has 160 valence electrons. The van der Waals surface area contributed by atoms with Crippen molar-refractivity contribution in [2.45, 2.75) is 13.1 Å². The predicted octanol–water partition coefficient (Wildman–Crippen LogP) is 3.73. The van der Waals surface area contributed by atoms with Gasteiger partial charge in [-0.3, -0.25) is 4.90 Å². The van der Waals surface area contributed by atoms with E-state index in [-0.39, 0.29) is 41.4 Å². The highest BCUT2D eigenvalue weighted by Gasteiger charge is 2.29. The molecule has 30 heavy (non-hydrogen) atoms. The van der Waals surface area contributed by atoms with E-state index in [2.05, 4.69) is 9.44 Å². The molecule has 3 rings (SSSR count). The molecule has 0 atom stereocenters. The summed E-state index contributed by atoms with van der Waals surface area (Å²) in [6, 6.07) is 7.05. The summed E-state index contributed by atoms with van der Waals surface area (Å²) < 4.78 is 45.1. The van der Waals surface area contributed by atoms with Gasteiger partial charge in [-0.05, 0) is 13.1 Å². The van der Waals surface area contributed by atoms with Gasteiger partial charge in [0, 0.05) is 43.9 Å². The molecular formula is C19H20F2N4O4S.